The third kappa shape index (κ3) is 3.64. The fraction of sp³-hybridized carbons (Fsp3) is 0.846. The van der Waals surface area contributed by atoms with E-state index in [1.165, 1.54) is 25.7 Å². The van der Waals surface area contributed by atoms with E-state index >= 15 is 0 Å². The normalized spacial score (nSPS) is 22.1. The number of thiol groups is 1. The zero-order chi connectivity index (χ0) is 13.0. The van der Waals surface area contributed by atoms with Crippen LogP contribution < -0.4 is 0 Å². The number of hydrogen-bond acceptors (Lipinski definition) is 2. The summed E-state index contributed by atoms with van der Waals surface area (Å²) < 4.78 is 0. The molecule has 1 aliphatic carbocycles. The van der Waals surface area contributed by atoms with Gasteiger partial charge in [-0.15, -0.1) is 0 Å². The van der Waals surface area contributed by atoms with Crippen molar-refractivity contribution < 1.29 is 9.59 Å². The monoisotopic (exact) mass is 270 g/mol. The van der Waals surface area contributed by atoms with Crippen LogP contribution >= 0.6 is 12.6 Å². The SMILES string of the molecule is O=C(S)N1CCCN(C(=O)CC2CCCC2)CC1. The summed E-state index contributed by atoms with van der Waals surface area (Å²) in [4.78, 5) is 27.0. The lowest BCUT2D eigenvalue weighted by Gasteiger charge is -2.22. The predicted molar refractivity (Wildman–Crippen MR) is 73.7 cm³/mol. The first-order valence-corrected chi connectivity index (χ1v) is 7.37. The highest BCUT2D eigenvalue weighted by atomic mass is 32.1. The summed E-state index contributed by atoms with van der Waals surface area (Å²) in [5.41, 5.74) is 0. The van der Waals surface area contributed by atoms with E-state index in [0.717, 1.165) is 19.5 Å². The Balaban J connectivity index is 1.81. The van der Waals surface area contributed by atoms with Crippen LogP contribution in [0.1, 0.15) is 38.5 Å². The van der Waals surface area contributed by atoms with E-state index in [2.05, 4.69) is 12.6 Å². The van der Waals surface area contributed by atoms with E-state index < -0.39 is 0 Å². The van der Waals surface area contributed by atoms with Gasteiger partial charge in [-0.2, -0.15) is 0 Å². The third-order valence-corrected chi connectivity index (χ3v) is 4.34. The number of nitrogens with zero attached hydrogens (tertiary/aromatic N) is 2. The second kappa shape index (κ2) is 6.45. The van der Waals surface area contributed by atoms with Gasteiger partial charge in [0, 0.05) is 32.6 Å². The molecule has 0 N–H and O–H groups in total. The van der Waals surface area contributed by atoms with Crippen LogP contribution in [0.5, 0.6) is 0 Å². The smallest absolute Gasteiger partial charge is 0.278 e. The van der Waals surface area contributed by atoms with Crippen LogP contribution in [0, 0.1) is 5.92 Å². The van der Waals surface area contributed by atoms with Crippen LogP contribution in [0.4, 0.5) is 4.79 Å². The maximum Gasteiger partial charge on any atom is 0.278 e. The van der Waals surface area contributed by atoms with Crippen LogP contribution in [0.25, 0.3) is 0 Å². The highest BCUT2D eigenvalue weighted by Gasteiger charge is 2.24. The highest BCUT2D eigenvalue weighted by molar-refractivity contribution is 7.96. The Bertz CT molecular complexity index is 316. The Labute approximate surface area is 114 Å². The fourth-order valence-corrected chi connectivity index (χ4v) is 3.15. The van der Waals surface area contributed by atoms with Crippen LogP contribution in [0.15, 0.2) is 0 Å². The van der Waals surface area contributed by atoms with Gasteiger partial charge in [-0.25, -0.2) is 0 Å². The second-order valence-corrected chi connectivity index (χ2v) is 5.74. The molecule has 0 bridgehead atoms. The van der Waals surface area contributed by atoms with Gasteiger partial charge in [0.2, 0.25) is 5.91 Å². The van der Waals surface area contributed by atoms with Gasteiger partial charge in [-0.1, -0.05) is 25.5 Å². The lowest BCUT2D eigenvalue weighted by atomic mass is 10.0. The van der Waals surface area contributed by atoms with Gasteiger partial charge in [-0.05, 0) is 25.2 Å². The number of hydrogen-bond donors (Lipinski definition) is 1. The maximum absolute atomic E-state index is 12.2. The summed E-state index contributed by atoms with van der Waals surface area (Å²) in [6, 6.07) is 0. The van der Waals surface area contributed by atoms with E-state index in [9.17, 15) is 9.59 Å². The molecule has 2 rings (SSSR count). The van der Waals surface area contributed by atoms with Gasteiger partial charge in [0.1, 0.15) is 0 Å². The number of amides is 2. The molecule has 5 heteroatoms. The van der Waals surface area contributed by atoms with E-state index in [4.69, 9.17) is 0 Å². The van der Waals surface area contributed by atoms with Crippen molar-refractivity contribution in [1.29, 1.82) is 0 Å². The zero-order valence-corrected chi connectivity index (χ0v) is 11.7. The zero-order valence-electron chi connectivity index (χ0n) is 10.8. The first-order valence-electron chi connectivity index (χ1n) is 6.92. The Morgan fingerprint density at radius 3 is 2.22 bits per heavy atom. The molecule has 1 heterocycles. The van der Waals surface area contributed by atoms with Gasteiger partial charge >= 0.3 is 0 Å². The molecule has 0 radical (unpaired) electrons. The number of rotatable bonds is 2. The second-order valence-electron chi connectivity index (χ2n) is 5.36. The standard InChI is InChI=1S/C13H22N2O2S/c16-12(10-11-4-1-2-5-11)14-6-3-7-15(9-8-14)13(17)18/h11H,1-10H2,(H,17,18). The van der Waals surface area contributed by atoms with Crippen molar-refractivity contribution in [2.24, 2.45) is 5.92 Å². The van der Waals surface area contributed by atoms with Crippen LogP contribution in [0.2, 0.25) is 0 Å². The Hall–Kier alpha value is -0.710. The summed E-state index contributed by atoms with van der Waals surface area (Å²) in [6.45, 7) is 2.79. The Morgan fingerprint density at radius 2 is 1.56 bits per heavy atom. The average molecular weight is 270 g/mol. The molecule has 1 saturated heterocycles. The highest BCUT2D eigenvalue weighted by Crippen LogP contribution is 2.28. The molecular weight excluding hydrogens is 248 g/mol. The lowest BCUT2D eigenvalue weighted by Crippen LogP contribution is -2.36. The van der Waals surface area contributed by atoms with Gasteiger partial charge in [0.15, 0.2) is 0 Å². The van der Waals surface area contributed by atoms with Crippen LogP contribution in [-0.2, 0) is 4.79 Å². The van der Waals surface area contributed by atoms with Crippen molar-refractivity contribution >= 4 is 23.8 Å². The third-order valence-electron chi connectivity index (χ3n) is 4.06. The van der Waals surface area contributed by atoms with E-state index in [1.54, 1.807) is 4.90 Å². The Morgan fingerprint density at radius 1 is 0.944 bits per heavy atom. The summed E-state index contributed by atoms with van der Waals surface area (Å²) in [5.74, 6) is 0.874. The van der Waals surface area contributed by atoms with E-state index in [1.807, 2.05) is 4.90 Å². The van der Waals surface area contributed by atoms with Gasteiger partial charge < -0.3 is 9.80 Å². The first-order chi connectivity index (χ1) is 8.66. The van der Waals surface area contributed by atoms with Crippen molar-refractivity contribution in [3.63, 3.8) is 0 Å². The molecule has 0 spiro atoms. The van der Waals surface area contributed by atoms with Crippen molar-refractivity contribution in [1.82, 2.24) is 9.80 Å². The number of carbonyl (C=O) groups excluding carboxylic acids is 2. The van der Waals surface area contributed by atoms with E-state index in [-0.39, 0.29) is 11.1 Å². The molecule has 0 aromatic carbocycles. The molecular formula is C13H22N2O2S. The molecule has 0 unspecified atom stereocenters. The molecule has 2 fully saturated rings. The summed E-state index contributed by atoms with van der Waals surface area (Å²) >= 11 is 3.85. The molecule has 1 saturated carbocycles. The van der Waals surface area contributed by atoms with Crippen molar-refractivity contribution in [3.8, 4) is 0 Å². The average Bonchev–Trinajstić information content (AvgIpc) is 2.70. The molecule has 0 atom stereocenters. The summed E-state index contributed by atoms with van der Waals surface area (Å²) in [6.07, 6.45) is 6.54. The minimum atomic E-state index is -0.180. The van der Waals surface area contributed by atoms with Crippen LogP contribution in [-0.4, -0.2) is 47.1 Å². The fourth-order valence-electron chi connectivity index (χ4n) is 2.95. The molecule has 2 amide bonds. The van der Waals surface area contributed by atoms with Crippen molar-refractivity contribution in [2.75, 3.05) is 26.2 Å². The largest absolute Gasteiger partial charge is 0.341 e. The minimum absolute atomic E-state index is 0.180. The van der Waals surface area contributed by atoms with Crippen molar-refractivity contribution in [2.45, 2.75) is 38.5 Å². The summed E-state index contributed by atoms with van der Waals surface area (Å²) in [5, 5.41) is -0.180. The van der Waals surface area contributed by atoms with Gasteiger partial charge in [-0.3, -0.25) is 9.59 Å². The maximum atomic E-state index is 12.2. The first kappa shape index (κ1) is 13.7. The lowest BCUT2D eigenvalue weighted by molar-refractivity contribution is -0.132. The minimum Gasteiger partial charge on any atom is -0.341 e. The molecule has 18 heavy (non-hydrogen) atoms. The molecule has 2 aliphatic rings. The summed E-state index contributed by atoms with van der Waals surface area (Å²) in [7, 11) is 0. The molecule has 0 aromatic heterocycles. The van der Waals surface area contributed by atoms with Gasteiger partial charge in [0.25, 0.3) is 5.24 Å². The van der Waals surface area contributed by atoms with Crippen LogP contribution in [0.3, 0.4) is 0 Å². The molecule has 4 nitrogen and oxygen atoms in total. The topological polar surface area (TPSA) is 40.6 Å². The molecule has 0 aromatic rings. The predicted octanol–water partition coefficient (Wildman–Crippen LogP) is 2.15. The molecule has 102 valence electrons. The van der Waals surface area contributed by atoms with Gasteiger partial charge in [0.05, 0.1) is 0 Å². The van der Waals surface area contributed by atoms with Crippen molar-refractivity contribution in [3.05, 3.63) is 0 Å². The van der Waals surface area contributed by atoms with E-state index in [0.29, 0.717) is 25.4 Å². The molecule has 1 aliphatic heterocycles. The Kier molecular flexibility index (Phi) is 4.92. The number of carbonyl (C=O) groups is 2. The quantitative estimate of drug-likeness (QED) is 0.781.